The van der Waals surface area contributed by atoms with Crippen LogP contribution in [-0.2, 0) is 11.3 Å². The average Bonchev–Trinajstić information content (AvgIpc) is 2.83. The van der Waals surface area contributed by atoms with Crippen LogP contribution in [0.15, 0.2) is 60.9 Å². The van der Waals surface area contributed by atoms with Crippen LogP contribution in [-0.4, -0.2) is 42.2 Å². The Morgan fingerprint density at radius 2 is 1.77 bits per heavy atom. The lowest BCUT2D eigenvalue weighted by molar-refractivity contribution is 0.0950. The van der Waals surface area contributed by atoms with Crippen molar-refractivity contribution in [1.82, 2.24) is 15.3 Å². The summed E-state index contributed by atoms with van der Waals surface area (Å²) in [5.74, 6) is 6.08. The van der Waals surface area contributed by atoms with E-state index in [9.17, 15) is 4.79 Å². The molecule has 1 saturated heterocycles. The number of hydrogen-bond acceptors (Lipinski definition) is 6. The fourth-order valence-electron chi connectivity index (χ4n) is 3.34. The van der Waals surface area contributed by atoms with E-state index in [0.717, 1.165) is 43.1 Å². The van der Waals surface area contributed by atoms with Gasteiger partial charge < -0.3 is 20.7 Å². The Balaban J connectivity index is 1.43. The molecule has 0 saturated carbocycles. The minimum Gasteiger partial charge on any atom is -0.378 e. The molecule has 2 heterocycles. The number of hydrogen-bond donors (Lipinski definition) is 2. The van der Waals surface area contributed by atoms with Gasteiger partial charge in [-0.25, -0.2) is 9.97 Å². The van der Waals surface area contributed by atoms with Crippen molar-refractivity contribution in [1.29, 1.82) is 0 Å². The molecule has 1 aliphatic rings. The van der Waals surface area contributed by atoms with Gasteiger partial charge in [0.15, 0.2) is 0 Å². The maximum Gasteiger partial charge on any atom is 0.251 e. The van der Waals surface area contributed by atoms with Crippen molar-refractivity contribution in [2.24, 2.45) is 0 Å². The molecule has 0 radical (unpaired) electrons. The second-order valence-electron chi connectivity index (χ2n) is 7.07. The Hall–Kier alpha value is -3.89. The molecule has 0 unspecified atom stereocenters. The Morgan fingerprint density at radius 1 is 1.03 bits per heavy atom. The van der Waals surface area contributed by atoms with E-state index in [4.69, 9.17) is 10.5 Å². The molecular weight excluding hydrogens is 390 g/mol. The van der Waals surface area contributed by atoms with Gasteiger partial charge in [0.1, 0.15) is 0 Å². The lowest BCUT2D eigenvalue weighted by Crippen LogP contribution is -2.37. The lowest BCUT2D eigenvalue weighted by Gasteiger charge is -2.30. The van der Waals surface area contributed by atoms with Gasteiger partial charge in [0.05, 0.1) is 18.8 Å². The predicted molar refractivity (Wildman–Crippen MR) is 120 cm³/mol. The number of aromatic nitrogens is 2. The van der Waals surface area contributed by atoms with E-state index in [-0.39, 0.29) is 11.9 Å². The van der Waals surface area contributed by atoms with E-state index in [0.29, 0.717) is 17.7 Å². The number of rotatable bonds is 4. The summed E-state index contributed by atoms with van der Waals surface area (Å²) in [6.07, 6.45) is 3.13. The largest absolute Gasteiger partial charge is 0.378 e. The quantitative estimate of drug-likeness (QED) is 0.637. The molecule has 0 bridgehead atoms. The van der Waals surface area contributed by atoms with Crippen molar-refractivity contribution in [2.45, 2.75) is 6.54 Å². The Kier molecular flexibility index (Phi) is 6.41. The zero-order valence-corrected chi connectivity index (χ0v) is 17.0. The fraction of sp³-hybridized carbons (Fsp3) is 0.208. The second-order valence-corrected chi connectivity index (χ2v) is 7.07. The number of carbonyl (C=O) groups excluding carboxylic acids is 1. The van der Waals surface area contributed by atoms with Gasteiger partial charge in [-0.3, -0.25) is 4.79 Å². The molecule has 1 fully saturated rings. The minimum atomic E-state index is -0.142. The SMILES string of the molecule is Nc1ncc(C#Cc2cccc(C(=O)NCc3ccccc3N3CCOCC3)c2)cn1. The van der Waals surface area contributed by atoms with E-state index in [2.05, 4.69) is 38.1 Å². The number of nitrogens with zero attached hydrogens (tertiary/aromatic N) is 3. The van der Waals surface area contributed by atoms with E-state index in [1.165, 1.54) is 0 Å². The maximum atomic E-state index is 12.7. The number of morpholine rings is 1. The summed E-state index contributed by atoms with van der Waals surface area (Å²) in [5, 5.41) is 3.02. The summed E-state index contributed by atoms with van der Waals surface area (Å²) in [6.45, 7) is 3.59. The third kappa shape index (κ3) is 5.38. The van der Waals surface area contributed by atoms with E-state index in [1.807, 2.05) is 30.3 Å². The van der Waals surface area contributed by atoms with Crippen molar-refractivity contribution in [3.8, 4) is 11.8 Å². The average molecular weight is 413 g/mol. The summed E-state index contributed by atoms with van der Waals surface area (Å²) in [7, 11) is 0. The van der Waals surface area contributed by atoms with Crippen LogP contribution in [0, 0.1) is 11.8 Å². The Labute approximate surface area is 181 Å². The van der Waals surface area contributed by atoms with Crippen LogP contribution < -0.4 is 16.0 Å². The van der Waals surface area contributed by atoms with E-state index >= 15 is 0 Å². The van der Waals surface area contributed by atoms with Gasteiger partial charge in [-0.1, -0.05) is 36.1 Å². The molecule has 7 nitrogen and oxygen atoms in total. The highest BCUT2D eigenvalue weighted by Crippen LogP contribution is 2.21. The van der Waals surface area contributed by atoms with Gasteiger partial charge in [-0.15, -0.1) is 0 Å². The Morgan fingerprint density at radius 3 is 2.58 bits per heavy atom. The number of ether oxygens (including phenoxy) is 1. The number of nitrogens with one attached hydrogen (secondary N) is 1. The molecule has 7 heteroatoms. The minimum absolute atomic E-state index is 0.142. The molecule has 2 aromatic carbocycles. The summed E-state index contributed by atoms with van der Waals surface area (Å²) in [5.41, 5.74) is 9.65. The summed E-state index contributed by atoms with van der Waals surface area (Å²) < 4.78 is 5.45. The molecule has 1 amide bonds. The summed E-state index contributed by atoms with van der Waals surface area (Å²) in [6, 6.07) is 15.4. The predicted octanol–water partition coefficient (Wildman–Crippen LogP) is 2.23. The van der Waals surface area contributed by atoms with Gasteiger partial charge in [0.2, 0.25) is 5.95 Å². The molecular formula is C24H23N5O2. The van der Waals surface area contributed by atoms with Crippen molar-refractivity contribution < 1.29 is 9.53 Å². The normalized spacial score (nSPS) is 13.2. The molecule has 0 atom stereocenters. The van der Waals surface area contributed by atoms with Crippen LogP contribution in [0.2, 0.25) is 0 Å². The Bertz CT molecular complexity index is 1110. The van der Waals surface area contributed by atoms with Gasteiger partial charge >= 0.3 is 0 Å². The molecule has 156 valence electrons. The summed E-state index contributed by atoms with van der Waals surface area (Å²) in [4.78, 5) is 22.9. The van der Waals surface area contributed by atoms with Crippen molar-refractivity contribution >= 4 is 17.5 Å². The van der Waals surface area contributed by atoms with Crippen molar-refractivity contribution in [2.75, 3.05) is 36.9 Å². The molecule has 1 aliphatic heterocycles. The highest BCUT2D eigenvalue weighted by Gasteiger charge is 2.15. The molecule has 3 N–H and O–H groups in total. The van der Waals surface area contributed by atoms with Crippen LogP contribution >= 0.6 is 0 Å². The first-order valence-electron chi connectivity index (χ1n) is 10.1. The molecule has 1 aromatic heterocycles. The van der Waals surface area contributed by atoms with Gasteiger partial charge in [0.25, 0.3) is 5.91 Å². The highest BCUT2D eigenvalue weighted by atomic mass is 16.5. The van der Waals surface area contributed by atoms with Crippen molar-refractivity contribution in [3.63, 3.8) is 0 Å². The van der Waals surface area contributed by atoms with Gasteiger partial charge in [-0.2, -0.15) is 0 Å². The zero-order chi connectivity index (χ0) is 21.5. The molecule has 0 aliphatic carbocycles. The van der Waals surface area contributed by atoms with Crippen LogP contribution in [0.3, 0.4) is 0 Å². The molecule has 3 aromatic rings. The van der Waals surface area contributed by atoms with Crippen LogP contribution in [0.25, 0.3) is 0 Å². The van der Waals surface area contributed by atoms with Gasteiger partial charge in [0, 0.05) is 48.8 Å². The monoisotopic (exact) mass is 413 g/mol. The number of para-hydroxylation sites is 1. The first-order chi connectivity index (χ1) is 15.2. The zero-order valence-electron chi connectivity index (χ0n) is 17.0. The maximum absolute atomic E-state index is 12.7. The van der Waals surface area contributed by atoms with E-state index in [1.54, 1.807) is 24.5 Å². The first kappa shape index (κ1) is 20.4. The highest BCUT2D eigenvalue weighted by molar-refractivity contribution is 5.94. The third-order valence-electron chi connectivity index (χ3n) is 4.93. The van der Waals surface area contributed by atoms with Gasteiger partial charge in [-0.05, 0) is 29.8 Å². The smallest absolute Gasteiger partial charge is 0.251 e. The van der Waals surface area contributed by atoms with Crippen LogP contribution in [0.5, 0.6) is 0 Å². The number of nitrogen functional groups attached to an aromatic ring is 1. The third-order valence-corrected chi connectivity index (χ3v) is 4.93. The topological polar surface area (TPSA) is 93.4 Å². The number of amides is 1. The fourth-order valence-corrected chi connectivity index (χ4v) is 3.34. The van der Waals surface area contributed by atoms with Crippen molar-refractivity contribution in [3.05, 3.63) is 83.2 Å². The first-order valence-corrected chi connectivity index (χ1v) is 10.1. The number of nitrogens with two attached hydrogens (primary N) is 1. The second kappa shape index (κ2) is 9.74. The number of carbonyl (C=O) groups is 1. The molecule has 4 rings (SSSR count). The van der Waals surface area contributed by atoms with Crippen LogP contribution in [0.1, 0.15) is 27.0 Å². The standard InChI is InChI=1S/C24H23N5O2/c25-24-27-15-19(16-28-24)9-8-18-4-3-6-20(14-18)23(30)26-17-21-5-1-2-7-22(21)29-10-12-31-13-11-29/h1-7,14-16H,10-13,17H2,(H,26,30)(H2,25,27,28). The molecule has 31 heavy (non-hydrogen) atoms. The van der Waals surface area contributed by atoms with Crippen LogP contribution in [0.4, 0.5) is 11.6 Å². The summed E-state index contributed by atoms with van der Waals surface area (Å²) >= 11 is 0. The molecule has 0 spiro atoms. The number of benzene rings is 2. The van der Waals surface area contributed by atoms with E-state index < -0.39 is 0 Å². The lowest BCUT2D eigenvalue weighted by atomic mass is 10.1. The number of anilines is 2.